The van der Waals surface area contributed by atoms with Crippen molar-refractivity contribution in [2.75, 3.05) is 17.2 Å². The third-order valence-corrected chi connectivity index (χ3v) is 3.51. The second kappa shape index (κ2) is 8.81. The van der Waals surface area contributed by atoms with Crippen molar-refractivity contribution < 1.29 is 14.3 Å². The van der Waals surface area contributed by atoms with Crippen LogP contribution >= 0.6 is 11.6 Å². The Labute approximate surface area is 160 Å². The summed E-state index contributed by atoms with van der Waals surface area (Å²) in [5.74, 6) is 1.26. The van der Waals surface area contributed by atoms with Crippen LogP contribution in [-0.4, -0.2) is 28.8 Å². The zero-order valence-corrected chi connectivity index (χ0v) is 15.1. The minimum Gasteiger partial charge on any atom is -0.483 e. The average Bonchev–Trinajstić information content (AvgIpc) is 2.92. The lowest BCUT2D eigenvalue weighted by Gasteiger charge is -2.14. The molecule has 2 amide bonds. The molecule has 0 saturated heterocycles. The fourth-order valence-corrected chi connectivity index (χ4v) is 2.21. The van der Waals surface area contributed by atoms with Gasteiger partial charge in [-0.1, -0.05) is 11.6 Å². The lowest BCUT2D eigenvalue weighted by molar-refractivity contribution is 0.250. The molecule has 1 aliphatic heterocycles. The summed E-state index contributed by atoms with van der Waals surface area (Å²) >= 11 is 6.03. The van der Waals surface area contributed by atoms with E-state index in [1.807, 2.05) is 0 Å². The number of allylic oxidation sites excluding steroid dienone is 1. The van der Waals surface area contributed by atoms with Crippen LogP contribution in [0, 0.1) is 6.92 Å². The Kier molecular flexibility index (Phi) is 6.01. The van der Waals surface area contributed by atoms with Crippen molar-refractivity contribution in [1.29, 1.82) is 0 Å². The predicted molar refractivity (Wildman–Crippen MR) is 103 cm³/mol. The summed E-state index contributed by atoms with van der Waals surface area (Å²) in [6.45, 7) is 1.93. The first-order valence-corrected chi connectivity index (χ1v) is 8.31. The minimum absolute atomic E-state index is 0.128. The normalized spacial score (nSPS) is 12.6. The van der Waals surface area contributed by atoms with E-state index in [0.717, 1.165) is 5.69 Å². The number of nitrogens with one attached hydrogen (secondary N) is 2. The van der Waals surface area contributed by atoms with Gasteiger partial charge in [0.05, 0.1) is 36.2 Å². The number of carbonyl (C=O) groups excluding carboxylic acids is 1. The number of hydrogen-bond donors (Lipinski definition) is 2. The molecule has 0 bridgehead atoms. The molecular formula is C18H16ClN5O3. The number of urea groups is 1. The number of anilines is 2. The van der Waals surface area contributed by atoms with Crippen molar-refractivity contribution in [2.45, 2.75) is 6.92 Å². The molecule has 1 aromatic carbocycles. The number of ether oxygens (including phenoxy) is 2. The average molecular weight is 386 g/mol. The summed E-state index contributed by atoms with van der Waals surface area (Å²) in [5, 5.41) is 5.72. The van der Waals surface area contributed by atoms with E-state index >= 15 is 0 Å². The lowest BCUT2D eigenvalue weighted by atomic mass is 10.3. The fourth-order valence-electron chi connectivity index (χ4n) is 2.04. The monoisotopic (exact) mass is 385 g/mol. The van der Waals surface area contributed by atoms with Crippen LogP contribution in [0.25, 0.3) is 0 Å². The molecule has 0 atom stereocenters. The van der Waals surface area contributed by atoms with Gasteiger partial charge in [-0.15, -0.1) is 0 Å². The molecule has 9 heteroatoms. The van der Waals surface area contributed by atoms with Gasteiger partial charge in [-0.2, -0.15) is 0 Å². The highest BCUT2D eigenvalue weighted by atomic mass is 35.5. The van der Waals surface area contributed by atoms with E-state index in [1.54, 1.807) is 49.8 Å². The Balaban J connectivity index is 1.67. The molecule has 0 spiro atoms. The molecule has 0 radical (unpaired) electrons. The topological polar surface area (TPSA) is 97.7 Å². The van der Waals surface area contributed by atoms with E-state index in [2.05, 4.69) is 25.6 Å². The second-order valence-electron chi connectivity index (χ2n) is 5.39. The molecule has 1 aromatic heterocycles. The number of halogens is 1. The van der Waals surface area contributed by atoms with Gasteiger partial charge in [0.15, 0.2) is 11.6 Å². The smallest absolute Gasteiger partial charge is 0.325 e. The fraction of sp³-hybridized carbons (Fsp3) is 0.111. The van der Waals surface area contributed by atoms with Crippen LogP contribution in [0.5, 0.6) is 5.75 Å². The molecule has 0 saturated carbocycles. The van der Waals surface area contributed by atoms with E-state index in [1.165, 1.54) is 12.5 Å². The highest BCUT2D eigenvalue weighted by Gasteiger charge is 2.11. The number of carbonyl (C=O) groups is 1. The number of rotatable bonds is 5. The molecular weight excluding hydrogens is 370 g/mol. The quantitative estimate of drug-likeness (QED) is 0.812. The maximum absolute atomic E-state index is 12.2. The van der Waals surface area contributed by atoms with Crippen LogP contribution in [0.2, 0.25) is 5.02 Å². The molecule has 1 aliphatic rings. The van der Waals surface area contributed by atoms with Crippen molar-refractivity contribution in [3.8, 4) is 5.75 Å². The van der Waals surface area contributed by atoms with Crippen LogP contribution in [0.1, 0.15) is 5.69 Å². The third-order valence-electron chi connectivity index (χ3n) is 3.27. The number of aliphatic imine (C=N–C) groups is 1. The zero-order valence-electron chi connectivity index (χ0n) is 14.3. The molecule has 0 aliphatic carbocycles. The van der Waals surface area contributed by atoms with Gasteiger partial charge in [-0.25, -0.2) is 9.78 Å². The Hall–Kier alpha value is -3.39. The molecule has 2 aromatic rings. The van der Waals surface area contributed by atoms with Crippen LogP contribution in [-0.2, 0) is 4.74 Å². The van der Waals surface area contributed by atoms with Gasteiger partial charge in [0.1, 0.15) is 12.4 Å². The Morgan fingerprint density at radius 2 is 2.15 bits per heavy atom. The summed E-state index contributed by atoms with van der Waals surface area (Å²) < 4.78 is 11.1. The number of benzene rings is 1. The molecule has 138 valence electrons. The molecule has 8 nitrogen and oxygen atoms in total. The minimum atomic E-state index is -0.502. The number of aromatic nitrogens is 2. The predicted octanol–water partition coefficient (Wildman–Crippen LogP) is 3.92. The Bertz CT molecular complexity index is 910. The van der Waals surface area contributed by atoms with Gasteiger partial charge in [0.2, 0.25) is 0 Å². The zero-order chi connectivity index (χ0) is 19.1. The molecule has 0 fully saturated rings. The first-order valence-electron chi connectivity index (χ1n) is 7.93. The molecule has 2 heterocycles. The highest BCUT2D eigenvalue weighted by Crippen LogP contribution is 2.28. The summed E-state index contributed by atoms with van der Waals surface area (Å²) in [6, 6.07) is 4.39. The highest BCUT2D eigenvalue weighted by molar-refractivity contribution is 6.31. The van der Waals surface area contributed by atoms with Gasteiger partial charge in [-0.05, 0) is 31.2 Å². The second-order valence-corrected chi connectivity index (χ2v) is 5.83. The maximum Gasteiger partial charge on any atom is 0.325 e. The van der Waals surface area contributed by atoms with E-state index < -0.39 is 6.03 Å². The van der Waals surface area contributed by atoms with E-state index in [-0.39, 0.29) is 6.61 Å². The number of amides is 2. The number of hydrogen-bond acceptors (Lipinski definition) is 6. The Morgan fingerprint density at radius 3 is 2.96 bits per heavy atom. The van der Waals surface area contributed by atoms with Crippen molar-refractivity contribution in [3.05, 3.63) is 65.6 Å². The molecule has 0 unspecified atom stereocenters. The Morgan fingerprint density at radius 1 is 1.26 bits per heavy atom. The van der Waals surface area contributed by atoms with Gasteiger partial charge < -0.3 is 14.8 Å². The van der Waals surface area contributed by atoms with Gasteiger partial charge in [0, 0.05) is 11.2 Å². The van der Waals surface area contributed by atoms with Gasteiger partial charge in [0.25, 0.3) is 0 Å². The van der Waals surface area contributed by atoms with E-state index in [9.17, 15) is 4.79 Å². The number of nitrogens with zero attached hydrogens (tertiary/aromatic N) is 3. The SMILES string of the molecule is Cc1cnc(NC(=O)Nc2cc(Cl)ccc2OCC2=CN=CC=CO2)cn1. The summed E-state index contributed by atoms with van der Waals surface area (Å²) in [7, 11) is 0. The number of aryl methyl sites for hydroxylation is 1. The van der Waals surface area contributed by atoms with Gasteiger partial charge in [-0.3, -0.25) is 15.3 Å². The summed E-state index contributed by atoms with van der Waals surface area (Å²) in [5.41, 5.74) is 1.15. The summed E-state index contributed by atoms with van der Waals surface area (Å²) in [4.78, 5) is 24.4. The van der Waals surface area contributed by atoms with Crippen molar-refractivity contribution in [1.82, 2.24) is 9.97 Å². The van der Waals surface area contributed by atoms with Crippen LogP contribution in [0.15, 0.2) is 59.9 Å². The van der Waals surface area contributed by atoms with Crippen LogP contribution < -0.4 is 15.4 Å². The van der Waals surface area contributed by atoms with E-state index in [4.69, 9.17) is 21.1 Å². The van der Waals surface area contributed by atoms with E-state index in [0.29, 0.717) is 28.0 Å². The van der Waals surface area contributed by atoms with Crippen molar-refractivity contribution in [3.63, 3.8) is 0 Å². The lowest BCUT2D eigenvalue weighted by Crippen LogP contribution is -2.21. The first-order chi connectivity index (χ1) is 13.1. The van der Waals surface area contributed by atoms with Crippen molar-refractivity contribution >= 4 is 35.4 Å². The molecule has 2 N–H and O–H groups in total. The largest absolute Gasteiger partial charge is 0.483 e. The standard InChI is InChI=1S/C18H16ClN5O3/c1-12-8-22-17(10-21-12)24-18(25)23-15-7-13(19)3-4-16(15)27-11-14-9-20-5-2-6-26-14/h2-10H,11H2,1H3,(H2,22,23,24,25). The maximum atomic E-state index is 12.2. The van der Waals surface area contributed by atoms with Crippen LogP contribution in [0.4, 0.5) is 16.3 Å². The molecule has 27 heavy (non-hydrogen) atoms. The van der Waals surface area contributed by atoms with Crippen molar-refractivity contribution in [2.24, 2.45) is 4.99 Å². The first kappa shape index (κ1) is 18.4. The van der Waals surface area contributed by atoms with Crippen LogP contribution in [0.3, 0.4) is 0 Å². The summed E-state index contributed by atoms with van der Waals surface area (Å²) in [6.07, 6.45) is 9.33. The van der Waals surface area contributed by atoms with Gasteiger partial charge >= 0.3 is 6.03 Å². The molecule has 3 rings (SSSR count). The third kappa shape index (κ3) is 5.55.